The zero-order valence-electron chi connectivity index (χ0n) is 18.4. The first kappa shape index (κ1) is 24.4. The summed E-state index contributed by atoms with van der Waals surface area (Å²) in [5, 5.41) is 13.3. The van der Waals surface area contributed by atoms with Gasteiger partial charge in [-0.25, -0.2) is 9.26 Å². The Kier molecular flexibility index (Phi) is 9.01. The van der Waals surface area contributed by atoms with Crippen molar-refractivity contribution in [1.29, 1.82) is 5.26 Å². The summed E-state index contributed by atoms with van der Waals surface area (Å²) in [5.74, 6) is -0.442. The molecule has 2 amide bonds. The van der Waals surface area contributed by atoms with Gasteiger partial charge < -0.3 is 9.80 Å². The molecule has 1 aromatic rings. The van der Waals surface area contributed by atoms with Crippen molar-refractivity contribution in [3.05, 3.63) is 29.7 Å². The first-order valence-corrected chi connectivity index (χ1v) is 10.8. The largest absolute Gasteiger partial charge is 0.342 e. The topological polar surface area (TPSA) is 85.2 Å². The summed E-state index contributed by atoms with van der Waals surface area (Å²) in [4.78, 5) is 28.9. The molecule has 2 heterocycles. The van der Waals surface area contributed by atoms with Crippen LogP contribution < -0.4 is 4.90 Å². The smallest absolute Gasteiger partial charge is 0.232 e. The molecule has 0 saturated carbocycles. The number of anilines is 1. The summed E-state index contributed by atoms with van der Waals surface area (Å²) in [6.07, 6.45) is 9.13. The van der Waals surface area contributed by atoms with E-state index in [0.29, 0.717) is 31.7 Å². The Morgan fingerprint density at radius 3 is 2.90 bits per heavy atom. The van der Waals surface area contributed by atoms with Crippen LogP contribution in [-0.4, -0.2) is 64.5 Å². The maximum Gasteiger partial charge on any atom is 0.232 e. The second-order valence-corrected chi connectivity index (χ2v) is 7.93. The van der Waals surface area contributed by atoms with Crippen molar-refractivity contribution in [1.82, 2.24) is 14.7 Å². The summed E-state index contributed by atoms with van der Waals surface area (Å²) in [7, 11) is 1.83. The monoisotopic (exact) mass is 445 g/mol. The normalized spacial score (nSPS) is 16.9. The number of nitrogens with zero attached hydrogens (tertiary/aromatic N) is 6. The molecule has 1 saturated heterocycles. The molecule has 1 unspecified atom stereocenters. The predicted octanol–water partition coefficient (Wildman–Crippen LogP) is 3.15. The molecule has 166 valence electrons. The number of aromatic nitrogens is 2. The van der Waals surface area contributed by atoms with E-state index in [4.69, 9.17) is 16.9 Å². The fourth-order valence-electron chi connectivity index (χ4n) is 3.50. The van der Waals surface area contributed by atoms with Gasteiger partial charge in [0.15, 0.2) is 11.4 Å². The first-order chi connectivity index (χ1) is 14.8. The third-order valence-corrected chi connectivity index (χ3v) is 5.41. The molecule has 31 heavy (non-hydrogen) atoms. The van der Waals surface area contributed by atoms with Gasteiger partial charge in [-0.15, -0.1) is 0 Å². The third kappa shape index (κ3) is 6.53. The van der Waals surface area contributed by atoms with Gasteiger partial charge in [0, 0.05) is 44.2 Å². The van der Waals surface area contributed by atoms with E-state index in [0.717, 1.165) is 12.1 Å². The van der Waals surface area contributed by atoms with Gasteiger partial charge in [0.05, 0.1) is 18.2 Å². The number of amides is 2. The van der Waals surface area contributed by atoms with Crippen LogP contribution in [0.5, 0.6) is 0 Å². The first-order valence-electron chi connectivity index (χ1n) is 10.4. The average molecular weight is 446 g/mol. The Morgan fingerprint density at radius 2 is 2.26 bits per heavy atom. The molecule has 0 N–H and O–H groups in total. The van der Waals surface area contributed by atoms with E-state index in [1.807, 2.05) is 45.3 Å². The minimum absolute atomic E-state index is 0.0676. The van der Waals surface area contributed by atoms with Crippen LogP contribution in [0, 0.1) is 17.2 Å². The number of halogens is 1. The molecule has 1 atom stereocenters. The van der Waals surface area contributed by atoms with Gasteiger partial charge in [-0.1, -0.05) is 11.6 Å². The minimum atomic E-state index is -0.300. The Balaban J connectivity index is 2.17. The lowest BCUT2D eigenvalue weighted by Gasteiger charge is -2.34. The number of carbonyl (C=O) groups is 2. The molecule has 0 bridgehead atoms. The second kappa shape index (κ2) is 11.5. The number of hydrogen-bond donors (Lipinski definition) is 0. The fraction of sp³-hybridized carbons (Fsp3) is 0.500. The van der Waals surface area contributed by atoms with Gasteiger partial charge in [0.1, 0.15) is 19.5 Å². The number of hydrogen-bond acceptors (Lipinski definition) is 4. The molecular formula is C22H30ClN6O2+. The standard InChI is InChI=1S/C22H30ClN6O2/c1-5-28(19-16-29(25-21(19)23)17(2)9-7-13-26(3)4)22(31)18-10-8-14-27(15-18)20(30)11-6-12-24/h7,9,13,16,18H,3,5-6,8,10-11,14-15H2,1-2,4H3/q+1. The van der Waals surface area contributed by atoms with Gasteiger partial charge in [-0.05, 0) is 32.8 Å². The molecule has 9 heteroatoms. The lowest BCUT2D eigenvalue weighted by atomic mass is 9.96. The summed E-state index contributed by atoms with van der Waals surface area (Å²) in [6.45, 7) is 8.96. The molecule has 0 spiro atoms. The average Bonchev–Trinajstić information content (AvgIpc) is 3.13. The molecule has 0 radical (unpaired) electrons. The molecule has 1 aliphatic heterocycles. The highest BCUT2D eigenvalue weighted by Crippen LogP contribution is 2.29. The molecule has 1 aromatic heterocycles. The van der Waals surface area contributed by atoms with Crippen molar-refractivity contribution in [3.8, 4) is 6.07 Å². The Morgan fingerprint density at radius 1 is 1.52 bits per heavy atom. The number of nitriles is 1. The predicted molar refractivity (Wildman–Crippen MR) is 122 cm³/mol. The van der Waals surface area contributed by atoms with E-state index in [1.165, 1.54) is 0 Å². The maximum absolute atomic E-state index is 13.3. The van der Waals surface area contributed by atoms with E-state index in [-0.39, 0.29) is 35.7 Å². The van der Waals surface area contributed by atoms with Crippen LogP contribution in [0.15, 0.2) is 24.5 Å². The Bertz CT molecular complexity index is 927. The van der Waals surface area contributed by atoms with Crippen molar-refractivity contribution >= 4 is 41.5 Å². The van der Waals surface area contributed by atoms with E-state index in [2.05, 4.69) is 11.8 Å². The molecular weight excluding hydrogens is 416 g/mol. The van der Waals surface area contributed by atoms with E-state index in [9.17, 15) is 9.59 Å². The van der Waals surface area contributed by atoms with Crippen molar-refractivity contribution in [3.63, 3.8) is 0 Å². The van der Waals surface area contributed by atoms with Gasteiger partial charge in [0.2, 0.25) is 11.8 Å². The van der Waals surface area contributed by atoms with Crippen LogP contribution in [0.4, 0.5) is 5.69 Å². The highest BCUT2D eigenvalue weighted by Gasteiger charge is 2.32. The zero-order valence-corrected chi connectivity index (χ0v) is 19.2. The van der Waals surface area contributed by atoms with Gasteiger partial charge >= 0.3 is 0 Å². The lowest BCUT2D eigenvalue weighted by Crippen LogP contribution is -2.46. The quantitative estimate of drug-likeness (QED) is 0.349. The SMILES string of the molecule is C=[N+](C)C=CC=C(C)n1cc(N(CC)C(=O)C2CCCN(C(=O)CCC#N)C2)c(Cl)n1. The van der Waals surface area contributed by atoms with Gasteiger partial charge in [-0.3, -0.25) is 9.59 Å². The van der Waals surface area contributed by atoms with Crippen LogP contribution in [-0.2, 0) is 9.59 Å². The van der Waals surface area contributed by atoms with Crippen LogP contribution in [0.2, 0.25) is 5.15 Å². The van der Waals surface area contributed by atoms with Crippen LogP contribution in [0.1, 0.15) is 39.5 Å². The van der Waals surface area contributed by atoms with Crippen molar-refractivity contribution < 1.29 is 14.2 Å². The van der Waals surface area contributed by atoms with Gasteiger partial charge in [0.25, 0.3) is 0 Å². The van der Waals surface area contributed by atoms with Crippen molar-refractivity contribution in [2.45, 2.75) is 39.5 Å². The van der Waals surface area contributed by atoms with E-state index >= 15 is 0 Å². The minimum Gasteiger partial charge on any atom is -0.342 e. The second-order valence-electron chi connectivity index (χ2n) is 7.58. The zero-order chi connectivity index (χ0) is 23.0. The number of rotatable bonds is 8. The summed E-state index contributed by atoms with van der Waals surface area (Å²) in [5.41, 5.74) is 1.38. The summed E-state index contributed by atoms with van der Waals surface area (Å²) < 4.78 is 3.32. The highest BCUT2D eigenvalue weighted by atomic mass is 35.5. The molecule has 2 rings (SSSR count). The number of carbonyl (C=O) groups excluding carboxylic acids is 2. The molecule has 0 aliphatic carbocycles. The maximum atomic E-state index is 13.3. The third-order valence-electron chi connectivity index (χ3n) is 5.14. The fourth-order valence-corrected chi connectivity index (χ4v) is 3.73. The Hall–Kier alpha value is -2.92. The number of piperidine rings is 1. The van der Waals surface area contributed by atoms with Gasteiger partial charge in [-0.2, -0.15) is 10.4 Å². The van der Waals surface area contributed by atoms with E-state index in [1.54, 1.807) is 25.3 Å². The van der Waals surface area contributed by atoms with Crippen LogP contribution in [0.3, 0.4) is 0 Å². The summed E-state index contributed by atoms with van der Waals surface area (Å²) >= 11 is 6.38. The number of likely N-dealkylation sites (tertiary alicyclic amines) is 1. The van der Waals surface area contributed by atoms with E-state index < -0.39 is 0 Å². The van der Waals surface area contributed by atoms with Crippen molar-refractivity contribution in [2.24, 2.45) is 5.92 Å². The van der Waals surface area contributed by atoms with Crippen LogP contribution in [0.25, 0.3) is 5.70 Å². The lowest BCUT2D eigenvalue weighted by molar-refractivity contribution is -0.412. The molecule has 1 fully saturated rings. The van der Waals surface area contributed by atoms with Crippen LogP contribution >= 0.6 is 11.6 Å². The summed E-state index contributed by atoms with van der Waals surface area (Å²) in [6, 6.07) is 2.00. The number of allylic oxidation sites excluding steroid dienone is 3. The molecule has 1 aliphatic rings. The molecule has 8 nitrogen and oxygen atoms in total. The Labute approximate surface area is 188 Å². The molecule has 0 aromatic carbocycles. The van der Waals surface area contributed by atoms with Crippen molar-refractivity contribution in [2.75, 3.05) is 31.6 Å². The highest BCUT2D eigenvalue weighted by molar-refractivity contribution is 6.32.